The summed E-state index contributed by atoms with van der Waals surface area (Å²) >= 11 is 0. The zero-order chi connectivity index (χ0) is 21.6. The number of hydrogen-bond acceptors (Lipinski definition) is 5. The van der Waals surface area contributed by atoms with Gasteiger partial charge in [0.2, 0.25) is 0 Å². The van der Waals surface area contributed by atoms with Gasteiger partial charge < -0.3 is 19.1 Å². The Morgan fingerprint density at radius 1 is 0.968 bits per heavy atom. The van der Waals surface area contributed by atoms with Crippen LogP contribution in [0.15, 0.2) is 60.7 Å². The van der Waals surface area contributed by atoms with Crippen LogP contribution in [0.5, 0.6) is 0 Å². The van der Waals surface area contributed by atoms with E-state index in [0.717, 1.165) is 17.5 Å². The molecule has 6 nitrogen and oxygen atoms in total. The molecule has 5 atom stereocenters. The Morgan fingerprint density at radius 3 is 2.16 bits per heavy atom. The molecule has 2 saturated heterocycles. The van der Waals surface area contributed by atoms with Gasteiger partial charge in [-0.05, 0) is 17.5 Å². The van der Waals surface area contributed by atoms with Gasteiger partial charge in [0.25, 0.3) is 12.4 Å². The molecule has 0 aliphatic carbocycles. The van der Waals surface area contributed by atoms with Crippen molar-refractivity contribution < 1.29 is 23.8 Å². The highest BCUT2D eigenvalue weighted by molar-refractivity contribution is 5.85. The Balaban J connectivity index is 1.57. The first-order valence-corrected chi connectivity index (χ1v) is 10.9. The number of fused-ring (bicyclic) bond motifs is 1. The number of carbonyl (C=O) groups excluding carboxylic acids is 2. The van der Waals surface area contributed by atoms with Crippen molar-refractivity contribution in [2.45, 2.75) is 57.3 Å². The molecule has 2 aliphatic rings. The summed E-state index contributed by atoms with van der Waals surface area (Å²) < 4.78 is 17.9. The molecule has 0 bridgehead atoms. The summed E-state index contributed by atoms with van der Waals surface area (Å²) in [4.78, 5) is 26.2. The van der Waals surface area contributed by atoms with Crippen molar-refractivity contribution >= 4 is 12.4 Å². The highest BCUT2D eigenvalue weighted by atomic mass is 16.6. The molecule has 2 aliphatic heterocycles. The molecule has 0 saturated carbocycles. The predicted molar refractivity (Wildman–Crippen MR) is 115 cm³/mol. The van der Waals surface area contributed by atoms with Crippen LogP contribution in [-0.4, -0.2) is 48.2 Å². The maximum Gasteiger partial charge on any atom is 0.293 e. The molecular formula is C25H29NO5. The third-order valence-electron chi connectivity index (χ3n) is 6.35. The molecule has 31 heavy (non-hydrogen) atoms. The number of hydrogen-bond donors (Lipinski definition) is 0. The lowest BCUT2D eigenvalue weighted by Crippen LogP contribution is -2.53. The summed E-state index contributed by atoms with van der Waals surface area (Å²) in [6.45, 7) is 3.85. The van der Waals surface area contributed by atoms with Gasteiger partial charge in [0.1, 0.15) is 12.2 Å². The first kappa shape index (κ1) is 21.5. The predicted octanol–water partition coefficient (Wildman–Crippen LogP) is 3.34. The van der Waals surface area contributed by atoms with Crippen LogP contribution in [0.4, 0.5) is 0 Å². The lowest BCUT2D eigenvalue weighted by molar-refractivity contribution is -0.147. The van der Waals surface area contributed by atoms with Gasteiger partial charge in [-0.15, -0.1) is 0 Å². The van der Waals surface area contributed by atoms with Crippen LogP contribution < -0.4 is 0 Å². The maximum atomic E-state index is 13.3. The van der Waals surface area contributed by atoms with E-state index in [1.807, 2.05) is 65.6 Å². The number of amides is 1. The fraction of sp³-hybridized carbons (Fsp3) is 0.440. The van der Waals surface area contributed by atoms with Gasteiger partial charge in [-0.2, -0.15) is 0 Å². The normalized spacial score (nSPS) is 27.7. The van der Waals surface area contributed by atoms with Gasteiger partial charge in [-0.25, -0.2) is 0 Å². The van der Waals surface area contributed by atoms with Crippen molar-refractivity contribution in [2.75, 3.05) is 6.54 Å². The average molecular weight is 424 g/mol. The third-order valence-corrected chi connectivity index (χ3v) is 6.35. The van der Waals surface area contributed by atoms with Crippen molar-refractivity contribution in [1.29, 1.82) is 0 Å². The van der Waals surface area contributed by atoms with Crippen molar-refractivity contribution in [2.24, 2.45) is 5.92 Å². The summed E-state index contributed by atoms with van der Waals surface area (Å²) in [5, 5.41) is 0. The highest BCUT2D eigenvalue weighted by Gasteiger charge is 2.56. The van der Waals surface area contributed by atoms with E-state index in [1.54, 1.807) is 0 Å². The molecule has 0 N–H and O–H groups in total. The number of ether oxygens (including phenoxy) is 3. The monoisotopic (exact) mass is 423 g/mol. The van der Waals surface area contributed by atoms with E-state index in [2.05, 4.69) is 6.92 Å². The lowest BCUT2D eigenvalue weighted by Gasteiger charge is -2.42. The first-order valence-electron chi connectivity index (χ1n) is 10.9. The van der Waals surface area contributed by atoms with Crippen molar-refractivity contribution in [3.8, 4) is 0 Å². The van der Waals surface area contributed by atoms with Crippen LogP contribution in [0.3, 0.4) is 0 Å². The number of benzene rings is 2. The first-order chi connectivity index (χ1) is 15.2. The van der Waals surface area contributed by atoms with Gasteiger partial charge in [0, 0.05) is 18.9 Å². The van der Waals surface area contributed by atoms with E-state index >= 15 is 0 Å². The Labute approximate surface area is 183 Å². The fourth-order valence-corrected chi connectivity index (χ4v) is 4.87. The van der Waals surface area contributed by atoms with E-state index in [-0.39, 0.29) is 24.0 Å². The standard InChI is InChI=1S/C25H29NO5/c1-2-20-21(31-17-27)13-14-26-22(20)23(29-15-18-9-5-3-6-10-18)24(25(26)28)30-16-19-11-7-4-8-12-19/h3-12,17,20-24H,2,13-16H2,1H3/t20-,21-,22+,23+,24-/m1/s1. The molecule has 0 spiro atoms. The van der Waals surface area contributed by atoms with Crippen LogP contribution in [0.25, 0.3) is 0 Å². The lowest BCUT2D eigenvalue weighted by atomic mass is 9.83. The number of rotatable bonds is 9. The minimum absolute atomic E-state index is 0.00833. The smallest absolute Gasteiger partial charge is 0.293 e. The van der Waals surface area contributed by atoms with Crippen molar-refractivity contribution in [3.63, 3.8) is 0 Å². The molecule has 1 amide bonds. The van der Waals surface area contributed by atoms with E-state index in [0.29, 0.717) is 32.7 Å². The minimum atomic E-state index is -0.682. The van der Waals surface area contributed by atoms with Crippen LogP contribution in [0, 0.1) is 5.92 Å². The van der Waals surface area contributed by atoms with Gasteiger partial charge in [0.05, 0.1) is 19.3 Å². The quantitative estimate of drug-likeness (QED) is 0.579. The summed E-state index contributed by atoms with van der Waals surface area (Å²) in [6.07, 6.45) is 0.0875. The SMILES string of the molecule is CC[C@H]1[C@H]2[C@H](OCc3ccccc3)[C@@H](OCc3ccccc3)C(=O)N2CC[C@H]1OC=O. The zero-order valence-corrected chi connectivity index (χ0v) is 17.8. The number of nitrogens with zero attached hydrogens (tertiary/aromatic N) is 1. The molecule has 6 heteroatoms. The molecule has 0 radical (unpaired) electrons. The maximum absolute atomic E-state index is 13.3. The highest BCUT2D eigenvalue weighted by Crippen LogP contribution is 2.39. The Morgan fingerprint density at radius 2 is 1.58 bits per heavy atom. The second-order valence-electron chi connectivity index (χ2n) is 8.13. The average Bonchev–Trinajstić information content (AvgIpc) is 3.08. The Bertz CT molecular complexity index is 859. The van der Waals surface area contributed by atoms with Gasteiger partial charge >= 0.3 is 0 Å². The van der Waals surface area contributed by atoms with Gasteiger partial charge in [-0.3, -0.25) is 9.59 Å². The molecule has 0 aromatic heterocycles. The molecule has 164 valence electrons. The van der Waals surface area contributed by atoms with Crippen LogP contribution >= 0.6 is 0 Å². The fourth-order valence-electron chi connectivity index (χ4n) is 4.87. The van der Waals surface area contributed by atoms with Crippen LogP contribution in [-0.2, 0) is 37.0 Å². The van der Waals surface area contributed by atoms with Crippen molar-refractivity contribution in [3.05, 3.63) is 71.8 Å². The zero-order valence-electron chi connectivity index (χ0n) is 17.8. The summed E-state index contributed by atoms with van der Waals surface area (Å²) in [5.41, 5.74) is 2.05. The molecular weight excluding hydrogens is 394 g/mol. The van der Waals surface area contributed by atoms with Gasteiger partial charge in [0.15, 0.2) is 6.10 Å². The largest absolute Gasteiger partial charge is 0.464 e. The van der Waals surface area contributed by atoms with E-state index in [1.165, 1.54) is 0 Å². The molecule has 2 fully saturated rings. The van der Waals surface area contributed by atoms with Crippen LogP contribution in [0.1, 0.15) is 30.9 Å². The molecule has 2 heterocycles. The molecule has 2 aromatic rings. The Kier molecular flexibility index (Phi) is 6.99. The third kappa shape index (κ3) is 4.65. The van der Waals surface area contributed by atoms with E-state index in [4.69, 9.17) is 14.2 Å². The minimum Gasteiger partial charge on any atom is -0.464 e. The topological polar surface area (TPSA) is 65.1 Å². The van der Waals surface area contributed by atoms with E-state index < -0.39 is 12.2 Å². The second kappa shape index (κ2) is 10.1. The molecule has 0 unspecified atom stereocenters. The van der Waals surface area contributed by atoms with Crippen LogP contribution in [0.2, 0.25) is 0 Å². The second-order valence-corrected chi connectivity index (χ2v) is 8.13. The Hall–Kier alpha value is -2.70. The van der Waals surface area contributed by atoms with Crippen molar-refractivity contribution in [1.82, 2.24) is 4.90 Å². The number of piperidine rings is 1. The summed E-state index contributed by atoms with van der Waals surface area (Å²) in [7, 11) is 0. The molecule has 2 aromatic carbocycles. The molecule has 4 rings (SSSR count). The summed E-state index contributed by atoms with van der Waals surface area (Å²) in [6, 6.07) is 19.6. The van der Waals surface area contributed by atoms with Gasteiger partial charge in [-0.1, -0.05) is 67.6 Å². The summed E-state index contributed by atoms with van der Waals surface area (Å²) in [5.74, 6) is -0.0315. The number of carbonyl (C=O) groups is 2. The van der Waals surface area contributed by atoms with E-state index in [9.17, 15) is 9.59 Å².